The van der Waals surface area contributed by atoms with Gasteiger partial charge in [-0.2, -0.15) is 0 Å². The summed E-state index contributed by atoms with van der Waals surface area (Å²) >= 11 is 1.88. The summed E-state index contributed by atoms with van der Waals surface area (Å²) in [6, 6.07) is 2.04. The Balaban J connectivity index is 2.02. The second kappa shape index (κ2) is 6.96. The Kier molecular flexibility index (Phi) is 5.80. The van der Waals surface area contributed by atoms with Crippen molar-refractivity contribution in [3.63, 3.8) is 0 Å². The summed E-state index contributed by atoms with van der Waals surface area (Å²) in [7, 11) is 0. The Morgan fingerprint density at radius 1 is 1.43 bits per heavy atom. The van der Waals surface area contributed by atoms with Crippen LogP contribution >= 0.6 is 11.8 Å². The number of rotatable bonds is 7. The highest BCUT2D eigenvalue weighted by molar-refractivity contribution is 7.99. The third kappa shape index (κ3) is 4.20. The van der Waals surface area contributed by atoms with E-state index >= 15 is 0 Å². The van der Waals surface area contributed by atoms with Crippen LogP contribution in [0.2, 0.25) is 0 Å². The van der Waals surface area contributed by atoms with Crippen molar-refractivity contribution in [3.8, 4) is 0 Å². The van der Waals surface area contributed by atoms with Gasteiger partial charge in [-0.1, -0.05) is 6.92 Å². The van der Waals surface area contributed by atoms with Gasteiger partial charge < -0.3 is 9.73 Å². The fraction of sp³-hybridized carbons (Fsp3) is 0.636. The van der Waals surface area contributed by atoms with Gasteiger partial charge in [0.1, 0.15) is 5.76 Å². The van der Waals surface area contributed by atoms with E-state index in [9.17, 15) is 0 Å². The predicted octanol–water partition coefficient (Wildman–Crippen LogP) is 3.07. The average Bonchev–Trinajstić information content (AvgIpc) is 2.58. The Morgan fingerprint density at radius 2 is 2.29 bits per heavy atom. The van der Waals surface area contributed by atoms with Gasteiger partial charge in [0.25, 0.3) is 0 Å². The van der Waals surface area contributed by atoms with Gasteiger partial charge >= 0.3 is 0 Å². The zero-order chi connectivity index (χ0) is 10.2. The van der Waals surface area contributed by atoms with Gasteiger partial charge in [-0.3, -0.25) is 0 Å². The van der Waals surface area contributed by atoms with Gasteiger partial charge in [0.2, 0.25) is 0 Å². The Hall–Kier alpha value is -0.410. The minimum Gasteiger partial charge on any atom is -0.468 e. The van der Waals surface area contributed by atoms with E-state index in [-0.39, 0.29) is 0 Å². The van der Waals surface area contributed by atoms with Crippen molar-refractivity contribution in [1.29, 1.82) is 0 Å². The second-order valence-corrected chi connectivity index (χ2v) is 4.43. The standard InChI is InChI=1S/C11H19NOS/c1-3-6-12-7-4-9-14-11-5-8-13-10(11)2/h5,8,12H,3-4,6-7,9H2,1-2H3. The van der Waals surface area contributed by atoms with E-state index in [1.165, 1.54) is 17.7 Å². The van der Waals surface area contributed by atoms with Crippen LogP contribution in [0.4, 0.5) is 0 Å². The molecule has 0 radical (unpaired) electrons. The van der Waals surface area contributed by atoms with Crippen LogP contribution in [0, 0.1) is 6.92 Å². The molecule has 0 aliphatic carbocycles. The molecule has 0 spiro atoms. The van der Waals surface area contributed by atoms with Crippen LogP contribution in [0.3, 0.4) is 0 Å². The molecule has 1 rings (SSSR count). The first kappa shape index (κ1) is 11.7. The third-order valence-corrected chi connectivity index (χ3v) is 3.22. The number of nitrogens with one attached hydrogen (secondary N) is 1. The zero-order valence-corrected chi connectivity index (χ0v) is 9.82. The summed E-state index contributed by atoms with van der Waals surface area (Å²) in [5.74, 6) is 2.20. The predicted molar refractivity (Wildman–Crippen MR) is 61.9 cm³/mol. The van der Waals surface area contributed by atoms with Crippen LogP contribution in [-0.2, 0) is 0 Å². The molecule has 0 fully saturated rings. The highest BCUT2D eigenvalue weighted by Crippen LogP contribution is 2.23. The molecule has 0 aromatic carbocycles. The molecule has 0 saturated heterocycles. The van der Waals surface area contributed by atoms with Crippen LogP contribution in [0.15, 0.2) is 21.6 Å². The molecular formula is C11H19NOS. The van der Waals surface area contributed by atoms with Gasteiger partial charge in [0.15, 0.2) is 0 Å². The van der Waals surface area contributed by atoms with Crippen LogP contribution in [0.25, 0.3) is 0 Å². The zero-order valence-electron chi connectivity index (χ0n) is 9.01. The van der Waals surface area contributed by atoms with Gasteiger partial charge in [0, 0.05) is 4.90 Å². The van der Waals surface area contributed by atoms with E-state index in [4.69, 9.17) is 4.42 Å². The molecule has 1 N–H and O–H groups in total. The number of aryl methyl sites for hydroxylation is 1. The average molecular weight is 213 g/mol. The van der Waals surface area contributed by atoms with Crippen LogP contribution < -0.4 is 5.32 Å². The van der Waals surface area contributed by atoms with Crippen molar-refractivity contribution in [1.82, 2.24) is 5.32 Å². The maximum atomic E-state index is 5.22. The van der Waals surface area contributed by atoms with Crippen molar-refractivity contribution in [2.24, 2.45) is 0 Å². The molecule has 80 valence electrons. The van der Waals surface area contributed by atoms with Gasteiger partial charge in [0.05, 0.1) is 6.26 Å². The summed E-state index contributed by atoms with van der Waals surface area (Å²) in [5.41, 5.74) is 0. The third-order valence-electron chi connectivity index (χ3n) is 1.99. The summed E-state index contributed by atoms with van der Waals surface area (Å²) in [6.45, 7) is 6.46. The lowest BCUT2D eigenvalue weighted by Crippen LogP contribution is -2.16. The molecule has 14 heavy (non-hydrogen) atoms. The lowest BCUT2D eigenvalue weighted by atomic mass is 10.4. The van der Waals surface area contributed by atoms with E-state index in [2.05, 4.69) is 12.2 Å². The fourth-order valence-electron chi connectivity index (χ4n) is 1.20. The van der Waals surface area contributed by atoms with E-state index in [1.807, 2.05) is 24.8 Å². The molecule has 0 aliphatic rings. The van der Waals surface area contributed by atoms with Crippen LogP contribution in [0.5, 0.6) is 0 Å². The van der Waals surface area contributed by atoms with Gasteiger partial charge in [-0.15, -0.1) is 11.8 Å². The van der Waals surface area contributed by atoms with E-state index < -0.39 is 0 Å². The topological polar surface area (TPSA) is 25.2 Å². The number of hydrogen-bond donors (Lipinski definition) is 1. The molecule has 0 atom stereocenters. The molecule has 3 heteroatoms. The molecule has 0 aliphatic heterocycles. The van der Waals surface area contributed by atoms with Gasteiger partial charge in [-0.25, -0.2) is 0 Å². The molecule has 0 unspecified atom stereocenters. The molecule has 0 bridgehead atoms. The lowest BCUT2D eigenvalue weighted by molar-refractivity contribution is 0.527. The summed E-state index contributed by atoms with van der Waals surface area (Å²) in [4.78, 5) is 1.28. The smallest absolute Gasteiger partial charge is 0.114 e. The Labute approximate surface area is 90.5 Å². The first-order valence-electron chi connectivity index (χ1n) is 5.22. The van der Waals surface area contributed by atoms with E-state index in [0.717, 1.165) is 24.6 Å². The highest BCUT2D eigenvalue weighted by Gasteiger charge is 2.00. The molecule has 0 saturated carbocycles. The Bertz CT molecular complexity index is 247. The maximum Gasteiger partial charge on any atom is 0.114 e. The van der Waals surface area contributed by atoms with Crippen molar-refractivity contribution in [3.05, 3.63) is 18.1 Å². The monoisotopic (exact) mass is 213 g/mol. The summed E-state index contributed by atoms with van der Waals surface area (Å²) < 4.78 is 5.22. The van der Waals surface area contributed by atoms with Crippen LogP contribution in [-0.4, -0.2) is 18.8 Å². The lowest BCUT2D eigenvalue weighted by Gasteiger charge is -2.02. The minimum atomic E-state index is 1.04. The number of hydrogen-bond acceptors (Lipinski definition) is 3. The van der Waals surface area contributed by atoms with Crippen molar-refractivity contribution >= 4 is 11.8 Å². The quantitative estimate of drug-likeness (QED) is 0.556. The first-order valence-corrected chi connectivity index (χ1v) is 6.20. The highest BCUT2D eigenvalue weighted by atomic mass is 32.2. The van der Waals surface area contributed by atoms with Gasteiger partial charge in [-0.05, 0) is 44.7 Å². The van der Waals surface area contributed by atoms with Crippen molar-refractivity contribution < 1.29 is 4.42 Å². The SMILES string of the molecule is CCCNCCCSc1ccoc1C. The minimum absolute atomic E-state index is 1.04. The second-order valence-electron chi connectivity index (χ2n) is 3.29. The van der Waals surface area contributed by atoms with E-state index in [0.29, 0.717) is 0 Å². The van der Waals surface area contributed by atoms with Crippen LogP contribution in [0.1, 0.15) is 25.5 Å². The molecule has 0 amide bonds. The molecule has 1 aromatic rings. The van der Waals surface area contributed by atoms with Crippen molar-refractivity contribution in [2.45, 2.75) is 31.6 Å². The fourth-order valence-corrected chi connectivity index (χ4v) is 2.12. The van der Waals surface area contributed by atoms with Crippen molar-refractivity contribution in [2.75, 3.05) is 18.8 Å². The summed E-state index contributed by atoms with van der Waals surface area (Å²) in [5, 5.41) is 3.39. The largest absolute Gasteiger partial charge is 0.468 e. The molecule has 1 aromatic heterocycles. The Morgan fingerprint density at radius 3 is 2.93 bits per heavy atom. The first-order chi connectivity index (χ1) is 6.84. The number of furan rings is 1. The maximum absolute atomic E-state index is 5.22. The van der Waals surface area contributed by atoms with E-state index in [1.54, 1.807) is 6.26 Å². The normalized spacial score (nSPS) is 10.7. The molecular weight excluding hydrogens is 194 g/mol. The molecule has 1 heterocycles. The summed E-state index contributed by atoms with van der Waals surface area (Å²) in [6.07, 6.45) is 4.19. The molecule has 2 nitrogen and oxygen atoms in total. The number of thioether (sulfide) groups is 1.